The Hall–Kier alpha value is -3.42. The van der Waals surface area contributed by atoms with Gasteiger partial charge >= 0.3 is 5.97 Å². The van der Waals surface area contributed by atoms with Crippen molar-refractivity contribution in [3.05, 3.63) is 59.4 Å². The number of carbonyl (C=O) groups excluding carboxylic acids is 2. The minimum atomic E-state index is -1.18. The first-order valence-corrected chi connectivity index (χ1v) is 8.42. The Morgan fingerprint density at radius 3 is 2.00 bits per heavy atom. The molecule has 8 heteroatoms. The van der Waals surface area contributed by atoms with E-state index in [1.165, 1.54) is 18.2 Å². The minimum Gasteiger partial charge on any atom is -0.497 e. The lowest BCUT2D eigenvalue weighted by molar-refractivity contribution is 0.0531. The van der Waals surface area contributed by atoms with Crippen molar-refractivity contribution in [3.8, 4) is 5.75 Å². The number of carboxylic acid groups (broad SMARTS) is 1. The molecular weight excluding hydrogens is 350 g/mol. The Morgan fingerprint density at radius 1 is 0.889 bits per heavy atom. The third-order valence-corrected chi connectivity index (χ3v) is 4.38. The van der Waals surface area contributed by atoms with Gasteiger partial charge in [0.05, 0.1) is 7.11 Å². The molecule has 1 N–H and O–H groups in total. The number of aromatic carboxylic acids is 1. The van der Waals surface area contributed by atoms with E-state index in [-0.39, 0.29) is 23.2 Å². The summed E-state index contributed by atoms with van der Waals surface area (Å²) in [4.78, 5) is 43.3. The second kappa shape index (κ2) is 7.86. The lowest BCUT2D eigenvalue weighted by atomic mass is 10.1. The van der Waals surface area contributed by atoms with Gasteiger partial charge in [0.1, 0.15) is 17.1 Å². The maximum absolute atomic E-state index is 12.6. The molecule has 0 radical (unpaired) electrons. The molecule has 1 saturated heterocycles. The molecule has 1 aliphatic rings. The highest BCUT2D eigenvalue weighted by atomic mass is 16.5. The van der Waals surface area contributed by atoms with E-state index in [1.54, 1.807) is 41.2 Å². The summed E-state index contributed by atoms with van der Waals surface area (Å²) < 4.78 is 5.09. The number of aromatic nitrogens is 1. The van der Waals surface area contributed by atoms with Gasteiger partial charge in [-0.3, -0.25) is 9.59 Å². The molecule has 1 aliphatic heterocycles. The summed E-state index contributed by atoms with van der Waals surface area (Å²) >= 11 is 0. The van der Waals surface area contributed by atoms with Crippen LogP contribution in [-0.2, 0) is 0 Å². The van der Waals surface area contributed by atoms with E-state index in [0.717, 1.165) is 0 Å². The number of piperazine rings is 1. The molecule has 0 aliphatic carbocycles. The number of benzene rings is 1. The van der Waals surface area contributed by atoms with Crippen molar-refractivity contribution in [2.24, 2.45) is 0 Å². The van der Waals surface area contributed by atoms with Gasteiger partial charge in [0.25, 0.3) is 11.8 Å². The normalized spacial score (nSPS) is 14.0. The summed E-state index contributed by atoms with van der Waals surface area (Å²) in [5.74, 6) is -0.942. The van der Waals surface area contributed by atoms with Crippen molar-refractivity contribution in [1.82, 2.24) is 14.8 Å². The Balaban J connectivity index is 1.62. The number of hydrogen-bond donors (Lipinski definition) is 1. The number of hydrogen-bond acceptors (Lipinski definition) is 5. The average molecular weight is 369 g/mol. The molecule has 3 rings (SSSR count). The molecular formula is C19H19N3O5. The maximum Gasteiger partial charge on any atom is 0.354 e. The lowest BCUT2D eigenvalue weighted by Gasteiger charge is -2.34. The van der Waals surface area contributed by atoms with Crippen LogP contribution in [-0.4, -0.2) is 71.0 Å². The van der Waals surface area contributed by atoms with Crippen molar-refractivity contribution in [1.29, 1.82) is 0 Å². The summed E-state index contributed by atoms with van der Waals surface area (Å²) in [6.07, 6.45) is 0. The van der Waals surface area contributed by atoms with E-state index >= 15 is 0 Å². The first-order chi connectivity index (χ1) is 13.0. The second-order valence-corrected chi connectivity index (χ2v) is 6.03. The van der Waals surface area contributed by atoms with Crippen molar-refractivity contribution >= 4 is 17.8 Å². The largest absolute Gasteiger partial charge is 0.497 e. The van der Waals surface area contributed by atoms with Gasteiger partial charge in [0.15, 0.2) is 0 Å². The van der Waals surface area contributed by atoms with Gasteiger partial charge in [0.2, 0.25) is 0 Å². The quantitative estimate of drug-likeness (QED) is 0.874. The molecule has 0 atom stereocenters. The van der Waals surface area contributed by atoms with Crippen molar-refractivity contribution in [3.63, 3.8) is 0 Å². The highest BCUT2D eigenvalue weighted by molar-refractivity contribution is 5.96. The van der Waals surface area contributed by atoms with Gasteiger partial charge in [-0.1, -0.05) is 6.07 Å². The summed E-state index contributed by atoms with van der Waals surface area (Å²) in [7, 11) is 1.56. The molecule has 2 heterocycles. The number of ether oxygens (including phenoxy) is 1. The number of pyridine rings is 1. The number of nitrogens with zero attached hydrogens (tertiary/aromatic N) is 3. The van der Waals surface area contributed by atoms with Crippen LogP contribution < -0.4 is 4.74 Å². The fourth-order valence-corrected chi connectivity index (χ4v) is 2.86. The third kappa shape index (κ3) is 4.05. The summed E-state index contributed by atoms with van der Waals surface area (Å²) in [6.45, 7) is 1.52. The van der Waals surface area contributed by atoms with Crippen LogP contribution in [0.3, 0.4) is 0 Å². The Kier molecular flexibility index (Phi) is 5.35. The molecule has 0 saturated carbocycles. The first-order valence-electron chi connectivity index (χ1n) is 8.42. The maximum atomic E-state index is 12.6. The average Bonchev–Trinajstić information content (AvgIpc) is 2.73. The van der Waals surface area contributed by atoms with E-state index in [2.05, 4.69) is 4.98 Å². The molecule has 8 nitrogen and oxygen atoms in total. The lowest BCUT2D eigenvalue weighted by Crippen LogP contribution is -2.50. The summed E-state index contributed by atoms with van der Waals surface area (Å²) in [5.41, 5.74) is 0.477. The molecule has 0 spiro atoms. The highest BCUT2D eigenvalue weighted by Gasteiger charge is 2.26. The molecule has 140 valence electrons. The van der Waals surface area contributed by atoms with Crippen LogP contribution in [0.1, 0.15) is 31.3 Å². The van der Waals surface area contributed by atoms with Crippen LogP contribution in [0.15, 0.2) is 42.5 Å². The van der Waals surface area contributed by atoms with E-state index < -0.39 is 5.97 Å². The van der Waals surface area contributed by atoms with E-state index in [9.17, 15) is 14.4 Å². The predicted octanol–water partition coefficient (Wildman–Crippen LogP) is 1.39. The monoisotopic (exact) mass is 369 g/mol. The molecule has 1 aromatic heterocycles. The fourth-order valence-electron chi connectivity index (χ4n) is 2.86. The zero-order valence-electron chi connectivity index (χ0n) is 14.8. The van der Waals surface area contributed by atoms with Crippen LogP contribution in [0.25, 0.3) is 0 Å². The van der Waals surface area contributed by atoms with Gasteiger partial charge in [-0.25, -0.2) is 9.78 Å². The SMILES string of the molecule is COc1ccc(C(=O)N2CCN(C(=O)c3cccc(C(=O)O)n3)CC2)cc1. The van der Waals surface area contributed by atoms with Gasteiger partial charge in [-0.05, 0) is 36.4 Å². The van der Waals surface area contributed by atoms with Crippen LogP contribution in [0.4, 0.5) is 0 Å². The van der Waals surface area contributed by atoms with E-state index in [4.69, 9.17) is 9.84 Å². The van der Waals surface area contributed by atoms with E-state index in [1.807, 2.05) is 0 Å². The van der Waals surface area contributed by atoms with Crippen molar-refractivity contribution in [2.45, 2.75) is 0 Å². The summed E-state index contributed by atoms with van der Waals surface area (Å²) in [5, 5.41) is 9.00. The van der Waals surface area contributed by atoms with Crippen LogP contribution in [0.5, 0.6) is 5.75 Å². The topological polar surface area (TPSA) is 100 Å². The number of methoxy groups -OCH3 is 1. The second-order valence-electron chi connectivity index (χ2n) is 6.03. The van der Waals surface area contributed by atoms with Crippen LogP contribution >= 0.6 is 0 Å². The van der Waals surface area contributed by atoms with Gasteiger partial charge in [-0.15, -0.1) is 0 Å². The molecule has 0 unspecified atom stereocenters. The van der Waals surface area contributed by atoms with E-state index in [0.29, 0.717) is 37.5 Å². The highest BCUT2D eigenvalue weighted by Crippen LogP contribution is 2.15. The molecule has 2 aromatic rings. The van der Waals surface area contributed by atoms with Crippen LogP contribution in [0.2, 0.25) is 0 Å². The summed E-state index contributed by atoms with van der Waals surface area (Å²) in [6, 6.07) is 11.2. The number of amides is 2. The van der Waals surface area contributed by atoms with Gasteiger partial charge in [0, 0.05) is 31.7 Å². The standard InChI is InChI=1S/C19H19N3O5/c1-27-14-7-5-13(6-8-14)17(23)21-9-11-22(12-10-21)18(24)15-3-2-4-16(20-15)19(25)26/h2-8H,9-12H2,1H3,(H,25,26). The van der Waals surface area contributed by atoms with Crippen molar-refractivity contribution in [2.75, 3.05) is 33.3 Å². The Morgan fingerprint density at radius 2 is 1.44 bits per heavy atom. The minimum absolute atomic E-state index is 0.0878. The predicted molar refractivity (Wildman–Crippen MR) is 96.0 cm³/mol. The zero-order chi connectivity index (χ0) is 19.4. The molecule has 0 bridgehead atoms. The first kappa shape index (κ1) is 18.4. The van der Waals surface area contributed by atoms with Crippen LogP contribution in [0, 0.1) is 0 Å². The molecule has 2 amide bonds. The smallest absolute Gasteiger partial charge is 0.354 e. The third-order valence-electron chi connectivity index (χ3n) is 4.38. The molecule has 1 aromatic carbocycles. The Bertz CT molecular complexity index is 858. The Labute approximate surface area is 156 Å². The number of carboxylic acids is 1. The number of rotatable bonds is 4. The molecule has 1 fully saturated rings. The molecule has 27 heavy (non-hydrogen) atoms. The fraction of sp³-hybridized carbons (Fsp3) is 0.263. The van der Waals surface area contributed by atoms with Gasteiger partial charge in [-0.2, -0.15) is 0 Å². The zero-order valence-corrected chi connectivity index (χ0v) is 14.8. The van der Waals surface area contributed by atoms with Crippen molar-refractivity contribution < 1.29 is 24.2 Å². The van der Waals surface area contributed by atoms with Gasteiger partial charge < -0.3 is 19.6 Å². The number of carbonyl (C=O) groups is 3.